The number of rotatable bonds is 3. The molecule has 2 aromatic carbocycles. The fraction of sp³-hybridized carbons (Fsp3) is 0.227. The van der Waals surface area contributed by atoms with Crippen LogP contribution in [0.15, 0.2) is 54.9 Å². The van der Waals surface area contributed by atoms with Gasteiger partial charge in [-0.2, -0.15) is 0 Å². The molecular formula is C22H21Cl3N2O2. The Morgan fingerprint density at radius 3 is 2.55 bits per heavy atom. The molecule has 3 aromatic rings. The van der Waals surface area contributed by atoms with Crippen LogP contribution in [0.4, 0.5) is 0 Å². The van der Waals surface area contributed by atoms with Gasteiger partial charge in [0.1, 0.15) is 0 Å². The van der Waals surface area contributed by atoms with Gasteiger partial charge in [0.05, 0.1) is 5.02 Å². The summed E-state index contributed by atoms with van der Waals surface area (Å²) in [6, 6.07) is 14.9. The summed E-state index contributed by atoms with van der Waals surface area (Å²) in [6.45, 7) is 1.29. The SMILES string of the molecule is Cl.Cl.Clc1ccncc1-c1ccc(CC2NCCc3cc4c(cc32)OCO4)cc1. The van der Waals surface area contributed by atoms with Crippen molar-refractivity contribution in [3.05, 3.63) is 76.6 Å². The van der Waals surface area contributed by atoms with Crippen molar-refractivity contribution in [3.8, 4) is 22.6 Å². The van der Waals surface area contributed by atoms with Crippen molar-refractivity contribution < 1.29 is 9.47 Å². The molecule has 0 spiro atoms. The van der Waals surface area contributed by atoms with E-state index in [2.05, 4.69) is 46.7 Å². The minimum Gasteiger partial charge on any atom is -0.454 e. The topological polar surface area (TPSA) is 43.4 Å². The zero-order valence-electron chi connectivity index (χ0n) is 15.6. The molecule has 0 fully saturated rings. The predicted molar refractivity (Wildman–Crippen MR) is 120 cm³/mol. The molecule has 1 atom stereocenters. The van der Waals surface area contributed by atoms with Crippen LogP contribution in [-0.2, 0) is 12.8 Å². The number of pyridine rings is 1. The van der Waals surface area contributed by atoms with Crippen molar-refractivity contribution in [2.75, 3.05) is 13.3 Å². The van der Waals surface area contributed by atoms with E-state index in [-0.39, 0.29) is 30.9 Å². The van der Waals surface area contributed by atoms with Gasteiger partial charge < -0.3 is 14.8 Å². The number of aromatic nitrogens is 1. The normalized spacial score (nSPS) is 16.4. The molecule has 4 nitrogen and oxygen atoms in total. The lowest BCUT2D eigenvalue weighted by Crippen LogP contribution is -2.31. The van der Waals surface area contributed by atoms with E-state index in [9.17, 15) is 0 Å². The fourth-order valence-electron chi connectivity index (χ4n) is 3.86. The van der Waals surface area contributed by atoms with E-state index in [0.29, 0.717) is 6.79 Å². The van der Waals surface area contributed by atoms with Gasteiger partial charge in [-0.25, -0.2) is 0 Å². The second-order valence-electron chi connectivity index (χ2n) is 6.92. The van der Waals surface area contributed by atoms with E-state index in [1.54, 1.807) is 12.4 Å². The maximum Gasteiger partial charge on any atom is 0.231 e. The van der Waals surface area contributed by atoms with Crippen LogP contribution >= 0.6 is 36.4 Å². The molecule has 0 radical (unpaired) electrons. The van der Waals surface area contributed by atoms with E-state index < -0.39 is 0 Å². The zero-order chi connectivity index (χ0) is 18.2. The molecule has 152 valence electrons. The summed E-state index contributed by atoms with van der Waals surface area (Å²) in [4.78, 5) is 4.17. The quantitative estimate of drug-likeness (QED) is 0.579. The van der Waals surface area contributed by atoms with E-state index in [1.165, 1.54) is 16.7 Å². The van der Waals surface area contributed by atoms with Crippen LogP contribution in [0, 0.1) is 0 Å². The average molecular weight is 452 g/mol. The molecule has 1 unspecified atom stereocenters. The monoisotopic (exact) mass is 450 g/mol. The van der Waals surface area contributed by atoms with Crippen molar-refractivity contribution >= 4 is 36.4 Å². The molecule has 0 bridgehead atoms. The molecule has 0 saturated carbocycles. The number of hydrogen-bond acceptors (Lipinski definition) is 4. The van der Waals surface area contributed by atoms with Crippen molar-refractivity contribution in [2.45, 2.75) is 18.9 Å². The molecule has 3 heterocycles. The Hall–Kier alpha value is -1.98. The lowest BCUT2D eigenvalue weighted by molar-refractivity contribution is 0.174. The highest BCUT2D eigenvalue weighted by molar-refractivity contribution is 6.33. The second kappa shape index (κ2) is 9.23. The van der Waals surface area contributed by atoms with Gasteiger partial charge in [0.25, 0.3) is 0 Å². The highest BCUT2D eigenvalue weighted by Crippen LogP contribution is 2.39. The molecular weight excluding hydrogens is 431 g/mol. The minimum atomic E-state index is 0. The molecule has 2 aliphatic heterocycles. The molecule has 2 aliphatic rings. The van der Waals surface area contributed by atoms with Crippen LogP contribution in [-0.4, -0.2) is 18.3 Å². The van der Waals surface area contributed by atoms with Gasteiger partial charge in [-0.15, -0.1) is 24.8 Å². The number of nitrogens with zero attached hydrogens (tertiary/aromatic N) is 1. The van der Waals surface area contributed by atoms with Crippen LogP contribution in [0.25, 0.3) is 11.1 Å². The Kier molecular flexibility index (Phi) is 6.91. The molecule has 0 amide bonds. The summed E-state index contributed by atoms with van der Waals surface area (Å²) in [5.74, 6) is 1.72. The Morgan fingerprint density at radius 2 is 1.79 bits per heavy atom. The number of hydrogen-bond donors (Lipinski definition) is 1. The minimum absolute atomic E-state index is 0. The average Bonchev–Trinajstić information content (AvgIpc) is 3.15. The van der Waals surface area contributed by atoms with E-state index >= 15 is 0 Å². The molecule has 5 rings (SSSR count). The zero-order valence-corrected chi connectivity index (χ0v) is 17.9. The standard InChI is InChI=1S/C22H19ClN2O2.2ClH/c23-19-6-7-24-12-18(19)15-3-1-14(2-4-15)9-20-17-11-22-21(26-13-27-22)10-16(17)5-8-25-20;;/h1-4,6-7,10-12,20,25H,5,8-9,13H2;2*1H. The highest BCUT2D eigenvalue weighted by Gasteiger charge is 2.25. The van der Waals surface area contributed by atoms with Crippen LogP contribution < -0.4 is 14.8 Å². The second-order valence-corrected chi connectivity index (χ2v) is 7.32. The Bertz CT molecular complexity index is 996. The Morgan fingerprint density at radius 1 is 1.03 bits per heavy atom. The summed E-state index contributed by atoms with van der Waals surface area (Å²) in [5, 5.41) is 4.36. The molecule has 7 heteroatoms. The Labute approximate surface area is 187 Å². The lowest BCUT2D eigenvalue weighted by Gasteiger charge is -2.27. The fourth-order valence-corrected chi connectivity index (χ4v) is 4.07. The smallest absolute Gasteiger partial charge is 0.231 e. The molecule has 0 saturated heterocycles. The first-order valence-corrected chi connectivity index (χ1v) is 9.50. The van der Waals surface area contributed by atoms with Crippen LogP contribution in [0.2, 0.25) is 5.02 Å². The number of benzene rings is 2. The van der Waals surface area contributed by atoms with E-state index in [0.717, 1.165) is 47.0 Å². The summed E-state index contributed by atoms with van der Waals surface area (Å²) in [7, 11) is 0. The van der Waals surface area contributed by atoms with Gasteiger partial charge in [0.2, 0.25) is 6.79 Å². The van der Waals surface area contributed by atoms with Gasteiger partial charge in [-0.3, -0.25) is 4.98 Å². The summed E-state index contributed by atoms with van der Waals surface area (Å²) in [6.07, 6.45) is 5.45. The van der Waals surface area contributed by atoms with Crippen molar-refractivity contribution in [3.63, 3.8) is 0 Å². The molecule has 1 aromatic heterocycles. The van der Waals surface area contributed by atoms with Crippen molar-refractivity contribution in [1.82, 2.24) is 10.3 Å². The third-order valence-corrected chi connectivity index (χ3v) is 5.60. The first kappa shape index (κ1) is 21.7. The molecule has 1 N–H and O–H groups in total. The summed E-state index contributed by atoms with van der Waals surface area (Å²) in [5.41, 5.74) is 5.98. The summed E-state index contributed by atoms with van der Waals surface area (Å²) >= 11 is 6.28. The first-order chi connectivity index (χ1) is 13.3. The van der Waals surface area contributed by atoms with Gasteiger partial charge in [-0.05, 0) is 59.8 Å². The van der Waals surface area contributed by atoms with E-state index in [1.807, 2.05) is 6.07 Å². The third-order valence-electron chi connectivity index (χ3n) is 5.27. The maximum absolute atomic E-state index is 6.28. The van der Waals surface area contributed by atoms with Crippen LogP contribution in [0.3, 0.4) is 0 Å². The largest absolute Gasteiger partial charge is 0.454 e. The number of ether oxygens (including phenoxy) is 2. The van der Waals surface area contributed by atoms with Crippen molar-refractivity contribution in [2.24, 2.45) is 0 Å². The molecule has 29 heavy (non-hydrogen) atoms. The number of halogens is 3. The van der Waals surface area contributed by atoms with E-state index in [4.69, 9.17) is 21.1 Å². The third kappa shape index (κ3) is 4.31. The highest BCUT2D eigenvalue weighted by atomic mass is 35.5. The van der Waals surface area contributed by atoms with Crippen LogP contribution in [0.5, 0.6) is 11.5 Å². The van der Waals surface area contributed by atoms with Gasteiger partial charge in [0.15, 0.2) is 11.5 Å². The lowest BCUT2D eigenvalue weighted by atomic mass is 9.89. The van der Waals surface area contributed by atoms with Gasteiger partial charge in [0, 0.05) is 24.0 Å². The van der Waals surface area contributed by atoms with Crippen LogP contribution in [0.1, 0.15) is 22.7 Å². The first-order valence-electron chi connectivity index (χ1n) is 9.12. The van der Waals surface area contributed by atoms with Gasteiger partial charge in [-0.1, -0.05) is 35.9 Å². The molecule has 0 aliphatic carbocycles. The summed E-state index contributed by atoms with van der Waals surface area (Å²) < 4.78 is 11.1. The number of nitrogens with one attached hydrogen (secondary N) is 1. The predicted octanol–water partition coefficient (Wildman–Crippen LogP) is 5.40. The van der Waals surface area contributed by atoms with Gasteiger partial charge >= 0.3 is 0 Å². The van der Waals surface area contributed by atoms with Crippen molar-refractivity contribution in [1.29, 1.82) is 0 Å². The Balaban J connectivity index is 0.00000120. The maximum atomic E-state index is 6.28. The number of fused-ring (bicyclic) bond motifs is 2.